The number of nitrogens with one attached hydrogen (secondary N) is 3. The second-order valence-corrected chi connectivity index (χ2v) is 6.60. The van der Waals surface area contributed by atoms with E-state index < -0.39 is 5.54 Å². The summed E-state index contributed by atoms with van der Waals surface area (Å²) in [5.41, 5.74) is 1.16. The largest absolute Gasteiger partial charge is 0.489 e. The molecule has 0 radical (unpaired) electrons. The van der Waals surface area contributed by atoms with Crippen LogP contribution in [0, 0.1) is 5.41 Å². The Balaban J connectivity index is 2.22. The normalized spacial score (nSPS) is 16.0. The summed E-state index contributed by atoms with van der Waals surface area (Å²) in [4.78, 5) is 12.5. The van der Waals surface area contributed by atoms with Crippen LogP contribution in [0.25, 0.3) is 0 Å². The summed E-state index contributed by atoms with van der Waals surface area (Å²) >= 11 is 0. The Morgan fingerprint density at radius 2 is 1.92 bits per heavy atom. The number of carbonyl (C=O) groups excluding carboxylic acids is 1. The highest BCUT2D eigenvalue weighted by atomic mass is 16.5. The van der Waals surface area contributed by atoms with Gasteiger partial charge in [0, 0.05) is 12.6 Å². The first-order valence-electron chi connectivity index (χ1n) is 8.37. The Bertz CT molecular complexity index is 762. The number of allylic oxidation sites excluding steroid dienone is 4. The number of hydrogen-bond acceptors (Lipinski definition) is 5. The zero-order valence-corrected chi connectivity index (χ0v) is 15.3. The smallest absolute Gasteiger partial charge is 0.268 e. The minimum Gasteiger partial charge on any atom is -0.489 e. The third-order valence-electron chi connectivity index (χ3n) is 3.83. The fraction of sp³-hybridized carbons (Fsp3) is 0.300. The van der Waals surface area contributed by atoms with Crippen LogP contribution < -0.4 is 10.6 Å². The summed E-state index contributed by atoms with van der Waals surface area (Å²) < 4.78 is 5.79. The van der Waals surface area contributed by atoms with Gasteiger partial charge in [0.25, 0.3) is 5.91 Å². The molecule has 1 aromatic carbocycles. The maximum absolute atomic E-state index is 12.5. The summed E-state index contributed by atoms with van der Waals surface area (Å²) in [5.74, 6) is 0.182. The van der Waals surface area contributed by atoms with Crippen LogP contribution in [0.4, 0.5) is 0 Å². The lowest BCUT2D eigenvalue weighted by Gasteiger charge is -2.25. The van der Waals surface area contributed by atoms with Crippen molar-refractivity contribution in [2.24, 2.45) is 0 Å². The molecule has 0 saturated carbocycles. The number of carbonyl (C=O) groups is 1. The lowest BCUT2D eigenvalue weighted by atomic mass is 10.0. The number of amides is 1. The number of hydrogen-bond donors (Lipinski definition) is 4. The van der Waals surface area contributed by atoms with Crippen molar-refractivity contribution >= 4 is 11.6 Å². The highest BCUT2D eigenvalue weighted by Crippen LogP contribution is 2.19. The molecule has 0 aliphatic heterocycles. The van der Waals surface area contributed by atoms with E-state index in [2.05, 4.69) is 10.6 Å². The molecule has 6 nitrogen and oxygen atoms in total. The van der Waals surface area contributed by atoms with E-state index in [1.165, 1.54) is 0 Å². The first-order chi connectivity index (χ1) is 12.4. The SMILES string of the molecule is CN/C(C(=O)NC(C)(C)CO)=C1/C=C(OCc2ccccc2)C=CC1=N. The van der Waals surface area contributed by atoms with Crippen LogP contribution >= 0.6 is 0 Å². The Hall–Kier alpha value is -2.86. The van der Waals surface area contributed by atoms with E-state index in [4.69, 9.17) is 10.1 Å². The Kier molecular flexibility index (Phi) is 6.36. The van der Waals surface area contributed by atoms with E-state index in [0.29, 0.717) is 17.9 Å². The van der Waals surface area contributed by atoms with Crippen molar-refractivity contribution in [3.05, 3.63) is 71.2 Å². The van der Waals surface area contributed by atoms with Crippen molar-refractivity contribution in [2.45, 2.75) is 26.0 Å². The fourth-order valence-electron chi connectivity index (χ4n) is 2.34. The van der Waals surface area contributed by atoms with Crippen LogP contribution in [0.3, 0.4) is 0 Å². The van der Waals surface area contributed by atoms with E-state index >= 15 is 0 Å². The van der Waals surface area contributed by atoms with Gasteiger partial charge in [-0.2, -0.15) is 0 Å². The number of ether oxygens (including phenoxy) is 1. The third kappa shape index (κ3) is 5.07. The number of aliphatic hydroxyl groups is 1. The lowest BCUT2D eigenvalue weighted by molar-refractivity contribution is -0.119. The molecular formula is C20H25N3O3. The van der Waals surface area contributed by atoms with E-state index in [0.717, 1.165) is 5.56 Å². The maximum atomic E-state index is 12.5. The Morgan fingerprint density at radius 3 is 2.54 bits per heavy atom. The van der Waals surface area contributed by atoms with Crippen molar-refractivity contribution in [1.82, 2.24) is 10.6 Å². The van der Waals surface area contributed by atoms with Crippen LogP contribution in [-0.2, 0) is 16.1 Å². The van der Waals surface area contributed by atoms with Crippen molar-refractivity contribution < 1.29 is 14.6 Å². The standard InChI is InChI=1S/C20H25N3O3/c1-20(2,13-24)23-19(25)18(22-3)16-11-15(9-10-17(16)21)26-12-14-7-5-4-6-8-14/h4-11,21-22,24H,12-13H2,1-3H3,(H,23,25)/b18-16-,21-17?. The van der Waals surface area contributed by atoms with E-state index in [1.54, 1.807) is 39.1 Å². The molecule has 1 aromatic rings. The van der Waals surface area contributed by atoms with Crippen LogP contribution in [-0.4, -0.2) is 35.9 Å². The van der Waals surface area contributed by atoms with Gasteiger partial charge in [0.15, 0.2) is 0 Å². The molecule has 1 amide bonds. The number of rotatable bonds is 7. The average Bonchev–Trinajstić information content (AvgIpc) is 2.63. The molecule has 0 heterocycles. The molecule has 0 aromatic heterocycles. The van der Waals surface area contributed by atoms with Gasteiger partial charge in [0.2, 0.25) is 0 Å². The minimum atomic E-state index is -0.761. The number of aliphatic hydroxyl groups excluding tert-OH is 1. The van der Waals surface area contributed by atoms with Crippen LogP contribution in [0.1, 0.15) is 19.4 Å². The van der Waals surface area contributed by atoms with Crippen molar-refractivity contribution in [3.63, 3.8) is 0 Å². The van der Waals surface area contributed by atoms with Crippen LogP contribution in [0.15, 0.2) is 65.6 Å². The van der Waals surface area contributed by atoms with Crippen LogP contribution in [0.5, 0.6) is 0 Å². The zero-order valence-electron chi connectivity index (χ0n) is 15.3. The second kappa shape index (κ2) is 8.49. The monoisotopic (exact) mass is 355 g/mol. The lowest BCUT2D eigenvalue weighted by Crippen LogP contribution is -2.48. The zero-order chi connectivity index (χ0) is 19.2. The number of likely N-dealkylation sites (N-methyl/N-ethyl adjacent to an activating group) is 1. The average molecular weight is 355 g/mol. The van der Waals surface area contributed by atoms with Crippen molar-refractivity contribution in [2.75, 3.05) is 13.7 Å². The van der Waals surface area contributed by atoms with Gasteiger partial charge in [0.05, 0.1) is 17.9 Å². The third-order valence-corrected chi connectivity index (χ3v) is 3.83. The molecule has 0 fully saturated rings. The van der Waals surface area contributed by atoms with Gasteiger partial charge in [-0.05, 0) is 37.6 Å². The topological polar surface area (TPSA) is 94.4 Å². The molecule has 2 rings (SSSR count). The molecule has 0 atom stereocenters. The summed E-state index contributed by atoms with van der Waals surface area (Å²) in [7, 11) is 1.62. The first-order valence-corrected chi connectivity index (χ1v) is 8.37. The van der Waals surface area contributed by atoms with Crippen molar-refractivity contribution in [3.8, 4) is 0 Å². The summed E-state index contributed by atoms with van der Waals surface area (Å²) in [6.07, 6.45) is 4.97. The highest BCUT2D eigenvalue weighted by Gasteiger charge is 2.24. The molecule has 0 saturated heterocycles. The predicted molar refractivity (Wildman–Crippen MR) is 102 cm³/mol. The summed E-state index contributed by atoms with van der Waals surface area (Å²) in [5, 5.41) is 23.1. The molecule has 1 aliphatic rings. The molecule has 0 spiro atoms. The second-order valence-electron chi connectivity index (χ2n) is 6.60. The van der Waals surface area contributed by atoms with Gasteiger partial charge in [-0.25, -0.2) is 0 Å². The highest BCUT2D eigenvalue weighted by molar-refractivity contribution is 6.14. The molecule has 138 valence electrons. The van der Waals surface area contributed by atoms with Gasteiger partial charge in [0.1, 0.15) is 18.1 Å². The van der Waals surface area contributed by atoms with E-state index in [9.17, 15) is 9.90 Å². The molecule has 1 aliphatic carbocycles. The van der Waals surface area contributed by atoms with Crippen LogP contribution in [0.2, 0.25) is 0 Å². The molecule has 6 heteroatoms. The minimum absolute atomic E-state index is 0.191. The Labute approximate surface area is 153 Å². The molecule has 4 N–H and O–H groups in total. The van der Waals surface area contributed by atoms with Gasteiger partial charge in [-0.3, -0.25) is 4.79 Å². The van der Waals surface area contributed by atoms with Crippen molar-refractivity contribution in [1.29, 1.82) is 5.41 Å². The van der Waals surface area contributed by atoms with Gasteiger partial charge < -0.3 is 25.9 Å². The molecular weight excluding hydrogens is 330 g/mol. The van der Waals surface area contributed by atoms with Gasteiger partial charge >= 0.3 is 0 Å². The molecule has 26 heavy (non-hydrogen) atoms. The molecule has 0 bridgehead atoms. The summed E-state index contributed by atoms with van der Waals surface area (Å²) in [6.45, 7) is 3.65. The maximum Gasteiger partial charge on any atom is 0.268 e. The number of benzene rings is 1. The predicted octanol–water partition coefficient (Wildman–Crippen LogP) is 2.04. The van der Waals surface area contributed by atoms with E-state index in [1.807, 2.05) is 30.3 Å². The van der Waals surface area contributed by atoms with Gasteiger partial charge in [-0.1, -0.05) is 30.3 Å². The molecule has 0 unspecified atom stereocenters. The van der Waals surface area contributed by atoms with E-state index in [-0.39, 0.29) is 23.9 Å². The van der Waals surface area contributed by atoms with Gasteiger partial charge in [-0.15, -0.1) is 0 Å². The fourth-order valence-corrected chi connectivity index (χ4v) is 2.34. The quantitative estimate of drug-likeness (QED) is 0.563. The first kappa shape index (κ1) is 19.5. The Morgan fingerprint density at radius 1 is 1.23 bits per heavy atom. The summed E-state index contributed by atoms with van der Waals surface area (Å²) in [6, 6.07) is 9.76.